The Balaban J connectivity index is 2.65. The number of hydrogen-bond donors (Lipinski definition) is 2. The first-order valence-corrected chi connectivity index (χ1v) is 5.60. The van der Waals surface area contributed by atoms with Crippen LogP contribution in [0.15, 0.2) is 0 Å². The lowest BCUT2D eigenvalue weighted by atomic mass is 10.5. The van der Waals surface area contributed by atoms with Crippen molar-refractivity contribution in [1.29, 1.82) is 0 Å². The maximum Gasteiger partial charge on any atom is 0.0522 e. The Morgan fingerprint density at radius 3 is 2.20 bits per heavy atom. The zero-order chi connectivity index (χ0) is 7.66. The van der Waals surface area contributed by atoms with Gasteiger partial charge in [0.15, 0.2) is 0 Å². The quantitative estimate of drug-likeness (QED) is 0.451. The predicted molar refractivity (Wildman–Crippen MR) is 48.6 cm³/mol. The number of thioether (sulfide) groups is 2. The third-order valence-electron chi connectivity index (χ3n) is 0.849. The zero-order valence-corrected chi connectivity index (χ0v) is 7.59. The molecular formula is C6H14O2S2. The SMILES string of the molecule is OCCCSCSCCO. The molecule has 0 bridgehead atoms. The third-order valence-corrected chi connectivity index (χ3v) is 3.23. The molecule has 0 rings (SSSR count). The van der Waals surface area contributed by atoms with E-state index < -0.39 is 0 Å². The van der Waals surface area contributed by atoms with Crippen LogP contribution in [0.2, 0.25) is 0 Å². The lowest BCUT2D eigenvalue weighted by Gasteiger charge is -1.97. The molecule has 0 aliphatic carbocycles. The van der Waals surface area contributed by atoms with Crippen LogP contribution in [-0.4, -0.2) is 40.0 Å². The number of rotatable bonds is 7. The van der Waals surface area contributed by atoms with Crippen molar-refractivity contribution in [3.8, 4) is 0 Å². The molecule has 0 amide bonds. The van der Waals surface area contributed by atoms with E-state index in [-0.39, 0.29) is 13.2 Å². The first-order valence-electron chi connectivity index (χ1n) is 3.29. The van der Waals surface area contributed by atoms with E-state index in [0.29, 0.717) is 0 Å². The molecule has 62 valence electrons. The summed E-state index contributed by atoms with van der Waals surface area (Å²) in [5.74, 6) is 1.85. The smallest absolute Gasteiger partial charge is 0.0522 e. The van der Waals surface area contributed by atoms with E-state index >= 15 is 0 Å². The predicted octanol–water partition coefficient (Wildman–Crippen LogP) is 0.785. The lowest BCUT2D eigenvalue weighted by molar-refractivity contribution is 0.296. The van der Waals surface area contributed by atoms with E-state index in [1.807, 2.05) is 11.8 Å². The minimum atomic E-state index is 0.269. The van der Waals surface area contributed by atoms with Gasteiger partial charge in [-0.15, -0.1) is 11.8 Å². The van der Waals surface area contributed by atoms with Crippen molar-refractivity contribution in [2.24, 2.45) is 0 Å². The summed E-state index contributed by atoms with van der Waals surface area (Å²) in [5.41, 5.74) is 0. The van der Waals surface area contributed by atoms with Crippen molar-refractivity contribution in [3.63, 3.8) is 0 Å². The highest BCUT2D eigenvalue weighted by Crippen LogP contribution is 2.11. The van der Waals surface area contributed by atoms with Crippen LogP contribution >= 0.6 is 23.5 Å². The van der Waals surface area contributed by atoms with Crippen molar-refractivity contribution in [2.45, 2.75) is 6.42 Å². The van der Waals surface area contributed by atoms with Gasteiger partial charge in [-0.25, -0.2) is 0 Å². The van der Waals surface area contributed by atoms with Crippen LogP contribution in [0.4, 0.5) is 0 Å². The van der Waals surface area contributed by atoms with E-state index in [4.69, 9.17) is 10.2 Å². The summed E-state index contributed by atoms with van der Waals surface area (Å²) in [7, 11) is 0. The van der Waals surface area contributed by atoms with Crippen LogP contribution < -0.4 is 0 Å². The van der Waals surface area contributed by atoms with Gasteiger partial charge >= 0.3 is 0 Å². The largest absolute Gasteiger partial charge is 0.396 e. The van der Waals surface area contributed by atoms with Crippen molar-refractivity contribution < 1.29 is 10.2 Å². The van der Waals surface area contributed by atoms with Gasteiger partial charge in [0.25, 0.3) is 0 Å². The molecule has 0 aromatic rings. The van der Waals surface area contributed by atoms with Crippen molar-refractivity contribution >= 4 is 23.5 Å². The van der Waals surface area contributed by atoms with Crippen LogP contribution in [0.25, 0.3) is 0 Å². The molecule has 2 N–H and O–H groups in total. The molecule has 10 heavy (non-hydrogen) atoms. The molecule has 4 heteroatoms. The Hall–Kier alpha value is 0.620. The summed E-state index contributed by atoms with van der Waals surface area (Å²) < 4.78 is 0. The first-order chi connectivity index (χ1) is 4.91. The molecule has 0 saturated heterocycles. The van der Waals surface area contributed by atoms with Gasteiger partial charge in [-0.1, -0.05) is 0 Å². The normalized spacial score (nSPS) is 10.2. The minimum Gasteiger partial charge on any atom is -0.396 e. The maximum atomic E-state index is 8.41. The molecule has 0 aliphatic heterocycles. The van der Waals surface area contributed by atoms with Gasteiger partial charge in [-0.05, 0) is 12.2 Å². The third kappa shape index (κ3) is 8.62. The molecule has 0 aromatic heterocycles. The highest BCUT2D eigenvalue weighted by atomic mass is 32.2. The van der Waals surface area contributed by atoms with Crippen LogP contribution in [0.5, 0.6) is 0 Å². The molecule has 0 spiro atoms. The molecular weight excluding hydrogens is 168 g/mol. The Morgan fingerprint density at radius 2 is 1.60 bits per heavy atom. The van der Waals surface area contributed by atoms with E-state index in [1.165, 1.54) is 0 Å². The van der Waals surface area contributed by atoms with Gasteiger partial charge < -0.3 is 10.2 Å². The second-order valence-electron chi connectivity index (χ2n) is 1.74. The van der Waals surface area contributed by atoms with Gasteiger partial charge in [-0.3, -0.25) is 0 Å². The highest BCUT2D eigenvalue weighted by molar-refractivity contribution is 8.15. The summed E-state index contributed by atoms with van der Waals surface area (Å²) in [5, 5.41) is 17.8. The van der Waals surface area contributed by atoms with Gasteiger partial charge in [-0.2, -0.15) is 11.8 Å². The maximum absolute atomic E-state index is 8.41. The van der Waals surface area contributed by atoms with Gasteiger partial charge in [0.2, 0.25) is 0 Å². The summed E-state index contributed by atoms with van der Waals surface area (Å²) in [6.45, 7) is 0.558. The molecule has 0 fully saturated rings. The fraction of sp³-hybridized carbons (Fsp3) is 1.00. The van der Waals surface area contributed by atoms with Crippen LogP contribution in [0.1, 0.15) is 6.42 Å². The zero-order valence-electron chi connectivity index (χ0n) is 5.95. The molecule has 0 unspecified atom stereocenters. The second kappa shape index (κ2) is 9.62. The van der Waals surface area contributed by atoms with Crippen molar-refractivity contribution in [3.05, 3.63) is 0 Å². The Labute approximate surface area is 70.4 Å². The van der Waals surface area contributed by atoms with E-state index in [0.717, 1.165) is 23.0 Å². The second-order valence-corrected chi connectivity index (χ2v) is 4.31. The standard InChI is InChI=1S/C6H14O2S2/c7-2-1-4-9-6-10-5-3-8/h7-8H,1-6H2. The fourth-order valence-corrected chi connectivity index (χ4v) is 2.28. The van der Waals surface area contributed by atoms with Crippen LogP contribution in [0, 0.1) is 0 Å². The molecule has 0 saturated carbocycles. The molecule has 0 atom stereocenters. The number of hydrogen-bond acceptors (Lipinski definition) is 4. The number of aliphatic hydroxyl groups excluding tert-OH is 2. The summed E-state index contributed by atoms with van der Waals surface area (Å²) >= 11 is 3.54. The first kappa shape index (κ1) is 10.6. The van der Waals surface area contributed by atoms with Crippen molar-refractivity contribution in [2.75, 3.05) is 29.8 Å². The average Bonchev–Trinajstić information content (AvgIpc) is 1.97. The lowest BCUT2D eigenvalue weighted by Crippen LogP contribution is -1.88. The summed E-state index contributed by atoms with van der Waals surface area (Å²) in [4.78, 5) is 0. The summed E-state index contributed by atoms with van der Waals surface area (Å²) in [6.07, 6.45) is 0.879. The fourth-order valence-electron chi connectivity index (χ4n) is 0.408. The minimum absolute atomic E-state index is 0.269. The van der Waals surface area contributed by atoms with E-state index in [1.54, 1.807) is 11.8 Å². The number of aliphatic hydroxyl groups is 2. The Bertz CT molecular complexity index is 53.7. The van der Waals surface area contributed by atoms with Gasteiger partial charge in [0, 0.05) is 17.4 Å². The Kier molecular flexibility index (Phi) is 10.2. The van der Waals surface area contributed by atoms with Gasteiger partial charge in [0.1, 0.15) is 0 Å². The topological polar surface area (TPSA) is 40.5 Å². The van der Waals surface area contributed by atoms with Crippen molar-refractivity contribution in [1.82, 2.24) is 0 Å². The monoisotopic (exact) mass is 182 g/mol. The Morgan fingerprint density at radius 1 is 0.900 bits per heavy atom. The molecule has 0 aromatic carbocycles. The van der Waals surface area contributed by atoms with Gasteiger partial charge in [0.05, 0.1) is 6.61 Å². The van der Waals surface area contributed by atoms with E-state index in [9.17, 15) is 0 Å². The molecule has 0 heterocycles. The molecule has 0 radical (unpaired) electrons. The highest BCUT2D eigenvalue weighted by Gasteiger charge is 1.88. The average molecular weight is 182 g/mol. The molecule has 0 aliphatic rings. The van der Waals surface area contributed by atoms with Crippen LogP contribution in [-0.2, 0) is 0 Å². The van der Waals surface area contributed by atoms with Crippen LogP contribution in [0.3, 0.4) is 0 Å². The summed E-state index contributed by atoms with van der Waals surface area (Å²) in [6, 6.07) is 0. The van der Waals surface area contributed by atoms with E-state index in [2.05, 4.69) is 0 Å². The molecule has 2 nitrogen and oxygen atoms in total.